The van der Waals surface area contributed by atoms with Crippen LogP contribution in [0.3, 0.4) is 0 Å². The van der Waals surface area contributed by atoms with E-state index in [1.165, 1.54) is 11.8 Å². The summed E-state index contributed by atoms with van der Waals surface area (Å²) in [5, 5.41) is 7.61. The van der Waals surface area contributed by atoms with E-state index in [1.807, 2.05) is 0 Å². The second-order valence-corrected chi connectivity index (χ2v) is 10.2. The van der Waals surface area contributed by atoms with E-state index in [9.17, 15) is 18.0 Å². The van der Waals surface area contributed by atoms with Gasteiger partial charge < -0.3 is 14.4 Å². The molecule has 2 heterocycles. The van der Waals surface area contributed by atoms with Crippen LogP contribution >= 0.6 is 11.3 Å². The first-order chi connectivity index (χ1) is 13.3. The monoisotopic (exact) mass is 432 g/mol. The minimum absolute atomic E-state index is 0.0686. The van der Waals surface area contributed by atoms with Crippen LogP contribution in [0.15, 0.2) is 4.34 Å². The molecule has 0 N–H and O–H groups in total. The Labute approximate surface area is 167 Å². The molecule has 1 atom stereocenters. The van der Waals surface area contributed by atoms with E-state index in [2.05, 4.69) is 10.2 Å². The van der Waals surface area contributed by atoms with E-state index in [0.29, 0.717) is 13.0 Å². The lowest BCUT2D eigenvalue weighted by Crippen LogP contribution is -2.55. The molecular formula is C16H24N4O6S2. The molecule has 1 aliphatic carbocycles. The van der Waals surface area contributed by atoms with Crippen LogP contribution in [-0.2, 0) is 19.3 Å². The minimum Gasteiger partial charge on any atom is -0.431 e. The molecule has 0 bridgehead atoms. The number of rotatable bonds is 5. The first-order valence-corrected chi connectivity index (χ1v) is 11.8. The van der Waals surface area contributed by atoms with Crippen LogP contribution in [0.5, 0.6) is 0 Å². The number of urea groups is 1. The summed E-state index contributed by atoms with van der Waals surface area (Å²) in [4.78, 5) is 27.5. The SMILES string of the molecule is CCS(=O)(=O)c1nnc(N2C(=O)N(C)CCC2OC(=O)OC2CCCCC2)s1. The summed E-state index contributed by atoms with van der Waals surface area (Å²) in [5.74, 6) is -0.122. The van der Waals surface area contributed by atoms with Gasteiger partial charge in [0.1, 0.15) is 6.10 Å². The van der Waals surface area contributed by atoms with Gasteiger partial charge in [0.15, 0.2) is 6.23 Å². The zero-order valence-corrected chi connectivity index (χ0v) is 17.5. The van der Waals surface area contributed by atoms with Crippen molar-refractivity contribution in [2.24, 2.45) is 0 Å². The fraction of sp³-hybridized carbons (Fsp3) is 0.750. The molecular weight excluding hydrogens is 408 g/mol. The predicted molar refractivity (Wildman–Crippen MR) is 101 cm³/mol. The number of ether oxygens (including phenoxy) is 2. The third kappa shape index (κ3) is 4.54. The maximum Gasteiger partial charge on any atom is 0.510 e. The van der Waals surface area contributed by atoms with E-state index in [4.69, 9.17) is 9.47 Å². The number of nitrogens with zero attached hydrogens (tertiary/aromatic N) is 4. The molecule has 1 saturated heterocycles. The van der Waals surface area contributed by atoms with Crippen molar-refractivity contribution >= 4 is 38.5 Å². The van der Waals surface area contributed by atoms with Crippen LogP contribution in [0.1, 0.15) is 45.4 Å². The van der Waals surface area contributed by atoms with Gasteiger partial charge in [0.2, 0.25) is 19.3 Å². The van der Waals surface area contributed by atoms with Crippen molar-refractivity contribution in [3.63, 3.8) is 0 Å². The lowest BCUT2D eigenvalue weighted by atomic mass is 9.98. The molecule has 1 saturated carbocycles. The molecule has 0 aromatic carbocycles. The van der Waals surface area contributed by atoms with Crippen molar-refractivity contribution in [3.8, 4) is 0 Å². The summed E-state index contributed by atoms with van der Waals surface area (Å²) in [5.41, 5.74) is 0. The van der Waals surface area contributed by atoms with Crippen molar-refractivity contribution in [2.75, 3.05) is 24.2 Å². The van der Waals surface area contributed by atoms with Crippen LogP contribution in [-0.4, -0.2) is 67.4 Å². The summed E-state index contributed by atoms with van der Waals surface area (Å²) in [6.07, 6.45) is 3.19. The Balaban J connectivity index is 1.75. The Morgan fingerprint density at radius 2 is 1.89 bits per heavy atom. The number of carbonyl (C=O) groups excluding carboxylic acids is 2. The molecule has 1 aromatic heterocycles. The maximum atomic E-state index is 12.6. The second-order valence-electron chi connectivity index (χ2n) is 6.82. The van der Waals surface area contributed by atoms with Gasteiger partial charge in [0, 0.05) is 20.0 Å². The van der Waals surface area contributed by atoms with Crippen LogP contribution in [0, 0.1) is 0 Å². The van der Waals surface area contributed by atoms with Gasteiger partial charge in [-0.1, -0.05) is 24.7 Å². The quantitative estimate of drug-likeness (QED) is 0.514. The van der Waals surface area contributed by atoms with Crippen LogP contribution < -0.4 is 4.90 Å². The molecule has 0 radical (unpaired) electrons. The molecule has 1 unspecified atom stereocenters. The fourth-order valence-corrected chi connectivity index (χ4v) is 5.27. The van der Waals surface area contributed by atoms with Gasteiger partial charge in [-0.15, -0.1) is 10.2 Å². The van der Waals surface area contributed by atoms with Gasteiger partial charge in [-0.05, 0) is 25.7 Å². The van der Waals surface area contributed by atoms with Crippen molar-refractivity contribution < 1.29 is 27.5 Å². The highest BCUT2D eigenvalue weighted by molar-refractivity contribution is 7.93. The van der Waals surface area contributed by atoms with Crippen molar-refractivity contribution in [2.45, 2.75) is 62.1 Å². The zero-order valence-electron chi connectivity index (χ0n) is 15.9. The van der Waals surface area contributed by atoms with E-state index in [0.717, 1.165) is 48.3 Å². The average molecular weight is 433 g/mol. The standard InChI is InChI=1S/C16H24N4O6S2/c1-3-28(23,24)14-18-17-13(27-14)20-12(9-10-19(2)15(20)21)26-16(22)25-11-7-5-4-6-8-11/h11-12H,3-10H2,1-2H3. The Hall–Kier alpha value is -1.95. The molecule has 2 aliphatic rings. The third-order valence-corrected chi connectivity index (χ3v) is 7.93. The molecule has 3 rings (SSSR count). The first kappa shape index (κ1) is 20.8. The maximum absolute atomic E-state index is 12.6. The van der Waals surface area contributed by atoms with Crippen molar-refractivity contribution in [3.05, 3.63) is 0 Å². The predicted octanol–water partition coefficient (Wildman–Crippen LogP) is 2.41. The number of amides is 2. The molecule has 2 amide bonds. The van der Waals surface area contributed by atoms with E-state index >= 15 is 0 Å². The van der Waals surface area contributed by atoms with Gasteiger partial charge in [-0.25, -0.2) is 22.9 Å². The summed E-state index contributed by atoms with van der Waals surface area (Å²) < 4.78 is 34.6. The number of aromatic nitrogens is 2. The molecule has 0 spiro atoms. The van der Waals surface area contributed by atoms with Crippen LogP contribution in [0.25, 0.3) is 0 Å². The Morgan fingerprint density at radius 3 is 2.57 bits per heavy atom. The number of sulfone groups is 1. The Morgan fingerprint density at radius 1 is 1.18 bits per heavy atom. The molecule has 156 valence electrons. The smallest absolute Gasteiger partial charge is 0.431 e. The summed E-state index contributed by atoms with van der Waals surface area (Å²) in [7, 11) is -1.94. The van der Waals surface area contributed by atoms with Crippen LogP contribution in [0.4, 0.5) is 14.7 Å². The molecule has 1 aliphatic heterocycles. The molecule has 10 nitrogen and oxygen atoms in total. The van der Waals surface area contributed by atoms with Gasteiger partial charge in [0.05, 0.1) is 5.75 Å². The Kier molecular flexibility index (Phi) is 6.38. The highest BCUT2D eigenvalue weighted by atomic mass is 32.2. The van der Waals surface area contributed by atoms with E-state index in [1.54, 1.807) is 7.05 Å². The van der Waals surface area contributed by atoms with E-state index in [-0.39, 0.29) is 21.3 Å². The molecule has 28 heavy (non-hydrogen) atoms. The zero-order chi connectivity index (χ0) is 20.3. The van der Waals surface area contributed by atoms with Gasteiger partial charge in [0.25, 0.3) is 0 Å². The highest BCUT2D eigenvalue weighted by Gasteiger charge is 2.38. The number of carbonyl (C=O) groups is 2. The summed E-state index contributed by atoms with van der Waals surface area (Å²) in [6, 6.07) is -0.446. The average Bonchev–Trinajstić information content (AvgIpc) is 3.16. The summed E-state index contributed by atoms with van der Waals surface area (Å²) in [6.45, 7) is 1.89. The summed E-state index contributed by atoms with van der Waals surface area (Å²) >= 11 is 0.779. The molecule has 1 aromatic rings. The molecule has 12 heteroatoms. The fourth-order valence-electron chi connectivity index (χ4n) is 3.16. The van der Waals surface area contributed by atoms with Crippen molar-refractivity contribution in [1.82, 2.24) is 15.1 Å². The number of hydrogen-bond acceptors (Lipinski definition) is 9. The largest absolute Gasteiger partial charge is 0.510 e. The van der Waals surface area contributed by atoms with E-state index < -0.39 is 28.3 Å². The Bertz CT molecular complexity index is 821. The van der Waals surface area contributed by atoms with Gasteiger partial charge in [-0.2, -0.15) is 0 Å². The second kappa shape index (κ2) is 8.60. The topological polar surface area (TPSA) is 119 Å². The highest BCUT2D eigenvalue weighted by Crippen LogP contribution is 2.30. The van der Waals surface area contributed by atoms with Crippen LogP contribution in [0.2, 0.25) is 0 Å². The first-order valence-electron chi connectivity index (χ1n) is 9.29. The lowest BCUT2D eigenvalue weighted by molar-refractivity contribution is -0.0164. The molecule has 2 fully saturated rings. The van der Waals surface area contributed by atoms with Gasteiger partial charge in [-0.3, -0.25) is 0 Å². The number of hydrogen-bond donors (Lipinski definition) is 0. The number of anilines is 1. The third-order valence-electron chi connectivity index (χ3n) is 4.83. The minimum atomic E-state index is -3.55. The van der Waals surface area contributed by atoms with Gasteiger partial charge >= 0.3 is 12.2 Å². The lowest BCUT2D eigenvalue weighted by Gasteiger charge is -2.37. The van der Waals surface area contributed by atoms with Crippen molar-refractivity contribution in [1.29, 1.82) is 0 Å². The normalized spacial score (nSPS) is 21.6.